The fourth-order valence-corrected chi connectivity index (χ4v) is 1.95. The van der Waals surface area contributed by atoms with Crippen molar-refractivity contribution >= 4 is 11.6 Å². The number of benzene rings is 2. The maximum Gasteiger partial charge on any atom is 0.248 e. The van der Waals surface area contributed by atoms with E-state index in [-0.39, 0.29) is 5.82 Å². The van der Waals surface area contributed by atoms with Crippen molar-refractivity contribution < 1.29 is 13.9 Å². The largest absolute Gasteiger partial charge is 0.492 e. The molecule has 0 aliphatic heterocycles. The predicted octanol–water partition coefficient (Wildman–Crippen LogP) is 2.94. The van der Waals surface area contributed by atoms with Crippen LogP contribution in [0, 0.1) is 5.82 Å². The molecule has 4 nitrogen and oxygen atoms in total. The summed E-state index contributed by atoms with van der Waals surface area (Å²) < 4.78 is 18.6. The van der Waals surface area contributed by atoms with E-state index < -0.39 is 5.91 Å². The second-order valence-electron chi connectivity index (χ2n) is 4.49. The second kappa shape index (κ2) is 6.74. The molecule has 110 valence electrons. The number of carbonyl (C=O) groups is 1. The second-order valence-corrected chi connectivity index (χ2v) is 4.49. The van der Waals surface area contributed by atoms with Gasteiger partial charge in [0.25, 0.3) is 0 Å². The summed E-state index contributed by atoms with van der Waals surface area (Å²) in [6.07, 6.45) is 0. The average Bonchev–Trinajstić information content (AvgIpc) is 2.47. The number of anilines is 1. The quantitative estimate of drug-likeness (QED) is 0.859. The molecule has 0 atom stereocenters. The van der Waals surface area contributed by atoms with Crippen molar-refractivity contribution in [2.75, 3.05) is 11.9 Å². The van der Waals surface area contributed by atoms with E-state index in [1.807, 2.05) is 13.0 Å². The zero-order valence-corrected chi connectivity index (χ0v) is 11.7. The summed E-state index contributed by atoms with van der Waals surface area (Å²) >= 11 is 0. The van der Waals surface area contributed by atoms with E-state index in [1.165, 1.54) is 12.1 Å². The lowest BCUT2D eigenvalue weighted by Crippen LogP contribution is -2.11. The third-order valence-electron chi connectivity index (χ3n) is 2.94. The lowest BCUT2D eigenvalue weighted by molar-refractivity contribution is 0.1000. The Kier molecular flexibility index (Phi) is 4.77. The van der Waals surface area contributed by atoms with Crippen LogP contribution in [-0.2, 0) is 6.54 Å². The van der Waals surface area contributed by atoms with Crippen LogP contribution in [0.1, 0.15) is 22.8 Å². The van der Waals surface area contributed by atoms with Gasteiger partial charge >= 0.3 is 0 Å². The Morgan fingerprint density at radius 3 is 2.81 bits per heavy atom. The number of hydrogen-bond donors (Lipinski definition) is 2. The summed E-state index contributed by atoms with van der Waals surface area (Å²) in [5, 5.41) is 3.16. The van der Waals surface area contributed by atoms with Gasteiger partial charge in [-0.3, -0.25) is 4.79 Å². The zero-order chi connectivity index (χ0) is 15.2. The number of primary amides is 1. The van der Waals surface area contributed by atoms with Gasteiger partial charge in [-0.25, -0.2) is 4.39 Å². The van der Waals surface area contributed by atoms with Gasteiger partial charge in [0.05, 0.1) is 12.3 Å². The Hall–Kier alpha value is -2.56. The lowest BCUT2D eigenvalue weighted by Gasteiger charge is -2.12. The van der Waals surface area contributed by atoms with Crippen molar-refractivity contribution in [2.45, 2.75) is 13.5 Å². The van der Waals surface area contributed by atoms with Crippen LogP contribution in [0.4, 0.5) is 10.1 Å². The van der Waals surface area contributed by atoms with Crippen LogP contribution in [0.5, 0.6) is 5.75 Å². The maximum absolute atomic E-state index is 13.2. The van der Waals surface area contributed by atoms with Crippen LogP contribution in [0.15, 0.2) is 42.5 Å². The molecule has 21 heavy (non-hydrogen) atoms. The van der Waals surface area contributed by atoms with E-state index in [1.54, 1.807) is 24.3 Å². The van der Waals surface area contributed by atoms with Crippen LogP contribution < -0.4 is 15.8 Å². The summed E-state index contributed by atoms with van der Waals surface area (Å²) in [4.78, 5) is 11.1. The highest BCUT2D eigenvalue weighted by molar-refractivity contribution is 5.92. The van der Waals surface area contributed by atoms with Crippen molar-refractivity contribution in [2.24, 2.45) is 5.73 Å². The first kappa shape index (κ1) is 14.8. The first-order valence-electron chi connectivity index (χ1n) is 6.65. The topological polar surface area (TPSA) is 64.3 Å². The van der Waals surface area contributed by atoms with Gasteiger partial charge in [0.1, 0.15) is 11.6 Å². The minimum atomic E-state index is -0.464. The normalized spacial score (nSPS) is 10.2. The monoisotopic (exact) mass is 288 g/mol. The van der Waals surface area contributed by atoms with E-state index in [0.717, 1.165) is 5.56 Å². The van der Waals surface area contributed by atoms with E-state index in [9.17, 15) is 9.18 Å². The molecule has 2 rings (SSSR count). The lowest BCUT2D eigenvalue weighted by atomic mass is 10.1. The molecule has 0 spiro atoms. The summed E-state index contributed by atoms with van der Waals surface area (Å²) in [6, 6.07) is 11.4. The van der Waals surface area contributed by atoms with Crippen LogP contribution >= 0.6 is 0 Å². The molecule has 3 N–H and O–H groups in total. The van der Waals surface area contributed by atoms with Crippen molar-refractivity contribution in [3.05, 3.63) is 59.4 Å². The fourth-order valence-electron chi connectivity index (χ4n) is 1.95. The molecular weight excluding hydrogens is 271 g/mol. The SMILES string of the molecule is CCOc1cc(F)ccc1NCc1cccc(C(N)=O)c1. The van der Waals surface area contributed by atoms with Crippen LogP contribution in [0.3, 0.4) is 0 Å². The molecule has 0 heterocycles. The molecule has 2 aromatic rings. The summed E-state index contributed by atoms with van der Waals surface area (Å²) in [5.74, 6) is -0.350. The molecule has 2 aromatic carbocycles. The Balaban J connectivity index is 2.12. The molecule has 0 bridgehead atoms. The third-order valence-corrected chi connectivity index (χ3v) is 2.94. The number of halogens is 1. The molecule has 0 unspecified atom stereocenters. The molecular formula is C16H17FN2O2. The number of nitrogens with two attached hydrogens (primary N) is 1. The van der Waals surface area contributed by atoms with E-state index in [2.05, 4.69) is 5.32 Å². The first-order chi connectivity index (χ1) is 10.1. The van der Waals surface area contributed by atoms with Gasteiger partial charge in [-0.2, -0.15) is 0 Å². The summed E-state index contributed by atoms with van der Waals surface area (Å²) in [6.45, 7) is 2.77. The number of hydrogen-bond acceptors (Lipinski definition) is 3. The standard InChI is InChI=1S/C16H17FN2O2/c1-2-21-15-9-13(17)6-7-14(15)19-10-11-4-3-5-12(8-11)16(18)20/h3-9,19H,2,10H2,1H3,(H2,18,20). The third kappa shape index (κ3) is 3.95. The first-order valence-corrected chi connectivity index (χ1v) is 6.65. The molecule has 0 saturated heterocycles. The van der Waals surface area contributed by atoms with Gasteiger partial charge in [-0.1, -0.05) is 12.1 Å². The number of ether oxygens (including phenoxy) is 1. The number of carbonyl (C=O) groups excluding carboxylic acids is 1. The van der Waals surface area contributed by atoms with Gasteiger partial charge in [0.2, 0.25) is 5.91 Å². The number of nitrogens with one attached hydrogen (secondary N) is 1. The van der Waals surface area contributed by atoms with Crippen molar-refractivity contribution in [3.63, 3.8) is 0 Å². The highest BCUT2D eigenvalue weighted by Crippen LogP contribution is 2.26. The molecule has 0 aromatic heterocycles. The minimum absolute atomic E-state index is 0.347. The molecule has 0 aliphatic rings. The van der Waals surface area contributed by atoms with Gasteiger partial charge in [0, 0.05) is 18.2 Å². The van der Waals surface area contributed by atoms with Crippen molar-refractivity contribution in [1.82, 2.24) is 0 Å². The van der Waals surface area contributed by atoms with Crippen LogP contribution in [0.2, 0.25) is 0 Å². The van der Waals surface area contributed by atoms with Gasteiger partial charge < -0.3 is 15.8 Å². The van der Waals surface area contributed by atoms with E-state index in [4.69, 9.17) is 10.5 Å². The highest BCUT2D eigenvalue weighted by atomic mass is 19.1. The Bertz CT molecular complexity index is 644. The highest BCUT2D eigenvalue weighted by Gasteiger charge is 2.06. The number of amides is 1. The number of rotatable bonds is 6. The predicted molar refractivity (Wildman–Crippen MR) is 79.9 cm³/mol. The molecule has 0 fully saturated rings. The smallest absolute Gasteiger partial charge is 0.248 e. The zero-order valence-electron chi connectivity index (χ0n) is 11.7. The average molecular weight is 288 g/mol. The van der Waals surface area contributed by atoms with Gasteiger partial charge in [0.15, 0.2) is 0 Å². The Morgan fingerprint density at radius 2 is 2.10 bits per heavy atom. The minimum Gasteiger partial charge on any atom is -0.492 e. The summed E-state index contributed by atoms with van der Waals surface area (Å²) in [7, 11) is 0. The van der Waals surface area contributed by atoms with Crippen molar-refractivity contribution in [3.8, 4) is 5.75 Å². The maximum atomic E-state index is 13.2. The van der Waals surface area contributed by atoms with E-state index >= 15 is 0 Å². The summed E-state index contributed by atoms with van der Waals surface area (Å²) in [5.41, 5.74) is 7.30. The molecule has 5 heteroatoms. The fraction of sp³-hybridized carbons (Fsp3) is 0.188. The van der Waals surface area contributed by atoms with Crippen LogP contribution in [-0.4, -0.2) is 12.5 Å². The van der Waals surface area contributed by atoms with Gasteiger partial charge in [-0.05, 0) is 36.8 Å². The molecule has 0 saturated carbocycles. The van der Waals surface area contributed by atoms with E-state index in [0.29, 0.717) is 30.2 Å². The van der Waals surface area contributed by atoms with Gasteiger partial charge in [-0.15, -0.1) is 0 Å². The molecule has 1 amide bonds. The van der Waals surface area contributed by atoms with Crippen molar-refractivity contribution in [1.29, 1.82) is 0 Å². The van der Waals surface area contributed by atoms with Crippen LogP contribution in [0.25, 0.3) is 0 Å². The molecule has 0 radical (unpaired) electrons. The Morgan fingerprint density at radius 1 is 1.29 bits per heavy atom. The molecule has 0 aliphatic carbocycles. The Labute approximate surface area is 122 Å².